The van der Waals surface area contributed by atoms with Crippen molar-refractivity contribution in [2.24, 2.45) is 0 Å². The number of hydrogen-bond donors (Lipinski definition) is 2. The Labute approximate surface area is 211 Å². The van der Waals surface area contributed by atoms with E-state index in [9.17, 15) is 4.79 Å². The summed E-state index contributed by atoms with van der Waals surface area (Å²) in [5, 5.41) is 4.90. The lowest BCUT2D eigenvalue weighted by atomic mass is 10.1. The van der Waals surface area contributed by atoms with Gasteiger partial charge in [0.25, 0.3) is 5.56 Å². The van der Waals surface area contributed by atoms with Crippen molar-refractivity contribution in [2.75, 3.05) is 66.8 Å². The Kier molecular flexibility index (Phi) is 9.19. The van der Waals surface area contributed by atoms with Gasteiger partial charge in [0.2, 0.25) is 0 Å². The molecule has 2 saturated heterocycles. The van der Waals surface area contributed by atoms with Crippen molar-refractivity contribution >= 4 is 28.2 Å². The number of fused-ring (bicyclic) bond motifs is 1. The highest BCUT2D eigenvalue weighted by atomic mass is 32.1. The fourth-order valence-electron chi connectivity index (χ4n) is 4.58. The molecule has 2 fully saturated rings. The van der Waals surface area contributed by atoms with Gasteiger partial charge in [0.15, 0.2) is 16.6 Å². The number of thiocarbonyl (C=S) groups is 1. The number of methoxy groups -OCH3 is 2. The zero-order chi connectivity index (χ0) is 24.6. The Hall–Kier alpha value is -2.40. The molecule has 0 aliphatic carbocycles. The van der Waals surface area contributed by atoms with Gasteiger partial charge in [0, 0.05) is 56.3 Å². The molecule has 2 aliphatic rings. The SMILES string of the molecule is COc1cc2cc(CN(CCCN3CCOCC3)C(=S)NC[C@H]3CCCO3)c(=O)[nH]c2cc1OC. The number of pyridine rings is 1. The Morgan fingerprint density at radius 2 is 1.97 bits per heavy atom. The van der Waals surface area contributed by atoms with Crippen LogP contribution in [0.1, 0.15) is 24.8 Å². The smallest absolute Gasteiger partial charge is 0.253 e. The second-order valence-corrected chi connectivity index (χ2v) is 9.36. The standard InChI is InChI=1S/C25H36N4O5S/c1-31-22-14-18-13-19(24(30)27-21(18)15-23(22)32-2)17-29(7-4-6-28-8-11-33-12-9-28)25(35)26-16-20-5-3-10-34-20/h13-15,20H,3-12,16-17H2,1-2H3,(H,26,35)(H,27,30)/t20-/m1/s1. The summed E-state index contributed by atoms with van der Waals surface area (Å²) in [4.78, 5) is 20.5. The lowest BCUT2D eigenvalue weighted by molar-refractivity contribution is 0.0367. The summed E-state index contributed by atoms with van der Waals surface area (Å²) in [6.45, 7) is 7.11. The van der Waals surface area contributed by atoms with E-state index in [0.717, 1.165) is 70.6 Å². The molecule has 1 aromatic heterocycles. The molecule has 2 aliphatic heterocycles. The third-order valence-electron chi connectivity index (χ3n) is 6.58. The summed E-state index contributed by atoms with van der Waals surface area (Å²) in [5.41, 5.74) is 1.22. The number of H-pyrrole nitrogens is 1. The topological polar surface area (TPSA) is 88.3 Å². The second kappa shape index (κ2) is 12.5. The molecule has 1 atom stereocenters. The van der Waals surface area contributed by atoms with Crippen LogP contribution in [-0.4, -0.2) is 92.8 Å². The van der Waals surface area contributed by atoms with Gasteiger partial charge in [-0.05, 0) is 43.6 Å². The predicted octanol–water partition coefficient (Wildman–Crippen LogP) is 2.12. The fraction of sp³-hybridized carbons (Fsp3) is 0.600. The minimum Gasteiger partial charge on any atom is -0.493 e. The zero-order valence-corrected chi connectivity index (χ0v) is 21.5. The third kappa shape index (κ3) is 6.84. The molecule has 0 radical (unpaired) electrons. The average molecular weight is 505 g/mol. The monoisotopic (exact) mass is 504 g/mol. The molecule has 192 valence electrons. The Morgan fingerprint density at radius 1 is 1.20 bits per heavy atom. The number of benzene rings is 1. The normalized spacial score (nSPS) is 18.5. The van der Waals surface area contributed by atoms with Gasteiger partial charge >= 0.3 is 0 Å². The van der Waals surface area contributed by atoms with Crippen LogP contribution in [0.15, 0.2) is 23.0 Å². The summed E-state index contributed by atoms with van der Waals surface area (Å²) >= 11 is 5.77. The molecule has 9 nitrogen and oxygen atoms in total. The molecule has 4 rings (SSSR count). The van der Waals surface area contributed by atoms with E-state index in [1.807, 2.05) is 12.1 Å². The molecular weight excluding hydrogens is 468 g/mol. The van der Waals surface area contributed by atoms with Crippen LogP contribution in [0.25, 0.3) is 10.9 Å². The highest BCUT2D eigenvalue weighted by Crippen LogP contribution is 2.31. The first-order valence-electron chi connectivity index (χ1n) is 12.3. The van der Waals surface area contributed by atoms with Crippen LogP contribution in [-0.2, 0) is 16.0 Å². The van der Waals surface area contributed by atoms with Gasteiger partial charge in [0.1, 0.15) is 0 Å². The number of nitrogens with one attached hydrogen (secondary N) is 2. The minimum absolute atomic E-state index is 0.134. The maximum absolute atomic E-state index is 13.0. The average Bonchev–Trinajstić information content (AvgIpc) is 3.40. The van der Waals surface area contributed by atoms with Crippen LogP contribution in [0.4, 0.5) is 0 Å². The largest absolute Gasteiger partial charge is 0.493 e. The lowest BCUT2D eigenvalue weighted by Gasteiger charge is -2.30. The van der Waals surface area contributed by atoms with Crippen molar-refractivity contribution in [3.05, 3.63) is 34.1 Å². The summed E-state index contributed by atoms with van der Waals surface area (Å²) in [7, 11) is 3.18. The first-order chi connectivity index (χ1) is 17.1. The fourth-order valence-corrected chi connectivity index (χ4v) is 4.82. The van der Waals surface area contributed by atoms with Crippen molar-refractivity contribution in [1.29, 1.82) is 0 Å². The van der Waals surface area contributed by atoms with Gasteiger partial charge < -0.3 is 34.1 Å². The number of nitrogens with zero attached hydrogens (tertiary/aromatic N) is 2. The van der Waals surface area contributed by atoms with Crippen LogP contribution in [0.2, 0.25) is 0 Å². The van der Waals surface area contributed by atoms with E-state index in [-0.39, 0.29) is 11.7 Å². The highest BCUT2D eigenvalue weighted by molar-refractivity contribution is 7.80. The Bertz CT molecular complexity index is 1050. The molecule has 3 heterocycles. The van der Waals surface area contributed by atoms with Crippen LogP contribution >= 0.6 is 12.2 Å². The maximum atomic E-state index is 13.0. The van der Waals surface area contributed by atoms with Crippen molar-refractivity contribution in [1.82, 2.24) is 20.1 Å². The molecule has 0 amide bonds. The van der Waals surface area contributed by atoms with E-state index in [4.69, 9.17) is 31.2 Å². The van der Waals surface area contributed by atoms with Crippen molar-refractivity contribution in [3.8, 4) is 11.5 Å². The van der Waals surface area contributed by atoms with E-state index in [1.54, 1.807) is 20.3 Å². The molecule has 10 heteroatoms. The molecular formula is C25H36N4O5S. The molecule has 2 aromatic rings. The number of hydrogen-bond acceptors (Lipinski definition) is 7. The van der Waals surface area contributed by atoms with Gasteiger partial charge in [0.05, 0.1) is 45.6 Å². The number of morpholine rings is 1. The van der Waals surface area contributed by atoms with Crippen molar-refractivity contribution < 1.29 is 18.9 Å². The minimum atomic E-state index is -0.134. The maximum Gasteiger partial charge on any atom is 0.253 e. The third-order valence-corrected chi connectivity index (χ3v) is 6.99. The van der Waals surface area contributed by atoms with Crippen LogP contribution in [0.5, 0.6) is 11.5 Å². The Balaban J connectivity index is 1.49. The van der Waals surface area contributed by atoms with Crippen LogP contribution in [0, 0.1) is 0 Å². The van der Waals surface area contributed by atoms with Crippen LogP contribution in [0.3, 0.4) is 0 Å². The molecule has 35 heavy (non-hydrogen) atoms. The molecule has 0 saturated carbocycles. The molecule has 2 N–H and O–H groups in total. The van der Waals surface area contributed by atoms with Crippen molar-refractivity contribution in [2.45, 2.75) is 31.9 Å². The molecule has 0 spiro atoms. The number of ether oxygens (including phenoxy) is 4. The number of aromatic amines is 1. The number of aromatic nitrogens is 1. The number of rotatable bonds is 10. The predicted molar refractivity (Wildman–Crippen MR) is 140 cm³/mol. The van der Waals surface area contributed by atoms with E-state index in [0.29, 0.717) is 40.8 Å². The summed E-state index contributed by atoms with van der Waals surface area (Å²) in [5.74, 6) is 1.20. The van der Waals surface area contributed by atoms with Crippen molar-refractivity contribution in [3.63, 3.8) is 0 Å². The van der Waals surface area contributed by atoms with Gasteiger partial charge in [-0.1, -0.05) is 0 Å². The van der Waals surface area contributed by atoms with Gasteiger partial charge in [-0.15, -0.1) is 0 Å². The highest BCUT2D eigenvalue weighted by Gasteiger charge is 2.19. The first-order valence-corrected chi connectivity index (χ1v) is 12.7. The van der Waals surface area contributed by atoms with E-state index < -0.39 is 0 Å². The molecule has 1 aromatic carbocycles. The molecule has 0 bridgehead atoms. The van der Waals surface area contributed by atoms with Gasteiger partial charge in [-0.25, -0.2) is 0 Å². The zero-order valence-electron chi connectivity index (χ0n) is 20.6. The second-order valence-electron chi connectivity index (χ2n) is 8.97. The summed E-state index contributed by atoms with van der Waals surface area (Å²) < 4.78 is 22.0. The van der Waals surface area contributed by atoms with Gasteiger partial charge in [-0.3, -0.25) is 9.69 Å². The molecule has 0 unspecified atom stereocenters. The van der Waals surface area contributed by atoms with Crippen LogP contribution < -0.4 is 20.3 Å². The Morgan fingerprint density at radius 3 is 2.69 bits per heavy atom. The van der Waals surface area contributed by atoms with E-state index in [2.05, 4.69) is 20.1 Å². The quantitative estimate of drug-likeness (QED) is 0.473. The van der Waals surface area contributed by atoms with Gasteiger partial charge in [-0.2, -0.15) is 0 Å². The van der Waals surface area contributed by atoms with E-state index in [1.165, 1.54) is 0 Å². The first kappa shape index (κ1) is 25.7. The summed E-state index contributed by atoms with van der Waals surface area (Å²) in [6.07, 6.45) is 3.26. The lowest BCUT2D eigenvalue weighted by Crippen LogP contribution is -2.44. The van der Waals surface area contributed by atoms with E-state index >= 15 is 0 Å². The summed E-state index contributed by atoms with van der Waals surface area (Å²) in [6, 6.07) is 5.57.